The highest BCUT2D eigenvalue weighted by molar-refractivity contribution is 6.11. The van der Waals surface area contributed by atoms with Gasteiger partial charge in [-0.05, 0) is 30.5 Å². The Bertz CT molecular complexity index is 1010. The maximum atomic E-state index is 12.8. The van der Waals surface area contributed by atoms with Gasteiger partial charge in [-0.1, -0.05) is 36.4 Å². The van der Waals surface area contributed by atoms with Crippen LogP contribution in [0.2, 0.25) is 0 Å². The van der Waals surface area contributed by atoms with Crippen molar-refractivity contribution in [3.05, 3.63) is 59.8 Å². The number of ether oxygens (including phenoxy) is 1. The Morgan fingerprint density at radius 3 is 2.78 bits per heavy atom. The molecule has 0 aliphatic carbocycles. The van der Waals surface area contributed by atoms with Crippen LogP contribution in [0.4, 0.5) is 11.4 Å². The zero-order chi connectivity index (χ0) is 18.8. The first-order chi connectivity index (χ1) is 13.2. The summed E-state index contributed by atoms with van der Waals surface area (Å²) >= 11 is 0. The average molecular weight is 363 g/mol. The largest absolute Gasteiger partial charge is 0.464 e. The van der Waals surface area contributed by atoms with Gasteiger partial charge < -0.3 is 19.9 Å². The molecule has 6 heteroatoms. The Hall–Kier alpha value is -3.28. The van der Waals surface area contributed by atoms with Gasteiger partial charge in [0.25, 0.3) is 0 Å². The number of benzene rings is 2. The number of nitrogens with zero attached hydrogens (tertiary/aromatic N) is 1. The molecule has 0 atom stereocenters. The lowest BCUT2D eigenvalue weighted by Gasteiger charge is -2.30. The molecular weight excluding hydrogens is 342 g/mol. The molecule has 2 heterocycles. The van der Waals surface area contributed by atoms with E-state index in [0.717, 1.165) is 36.0 Å². The van der Waals surface area contributed by atoms with E-state index in [0.29, 0.717) is 5.69 Å². The van der Waals surface area contributed by atoms with Gasteiger partial charge >= 0.3 is 5.97 Å². The molecule has 27 heavy (non-hydrogen) atoms. The second kappa shape index (κ2) is 7.15. The molecule has 0 saturated heterocycles. The van der Waals surface area contributed by atoms with Crippen LogP contribution in [0.3, 0.4) is 0 Å². The highest BCUT2D eigenvalue weighted by Gasteiger charge is 2.22. The van der Waals surface area contributed by atoms with Crippen molar-refractivity contribution >= 4 is 34.2 Å². The molecule has 0 saturated carbocycles. The number of rotatable bonds is 4. The van der Waals surface area contributed by atoms with Gasteiger partial charge in [-0.3, -0.25) is 4.79 Å². The van der Waals surface area contributed by atoms with E-state index >= 15 is 0 Å². The minimum atomic E-state index is -0.509. The number of aryl methyl sites for hydroxylation is 1. The number of hydrogen-bond acceptors (Lipinski definition) is 4. The van der Waals surface area contributed by atoms with Crippen LogP contribution >= 0.6 is 0 Å². The lowest BCUT2D eigenvalue weighted by atomic mass is 10.0. The van der Waals surface area contributed by atoms with Crippen molar-refractivity contribution < 1.29 is 14.3 Å². The first kappa shape index (κ1) is 17.1. The second-order valence-corrected chi connectivity index (χ2v) is 6.61. The van der Waals surface area contributed by atoms with Gasteiger partial charge in [0.2, 0.25) is 5.91 Å². The van der Waals surface area contributed by atoms with Crippen LogP contribution in [0.15, 0.2) is 48.5 Å². The van der Waals surface area contributed by atoms with E-state index in [9.17, 15) is 9.59 Å². The van der Waals surface area contributed by atoms with Crippen LogP contribution in [0.25, 0.3) is 10.9 Å². The molecule has 0 bridgehead atoms. The third-order valence-corrected chi connectivity index (χ3v) is 4.90. The average Bonchev–Trinajstić information content (AvgIpc) is 3.06. The first-order valence-electron chi connectivity index (χ1n) is 8.99. The summed E-state index contributed by atoms with van der Waals surface area (Å²) in [4.78, 5) is 30.0. The smallest absolute Gasteiger partial charge is 0.356 e. The normalized spacial score (nSPS) is 13.3. The van der Waals surface area contributed by atoms with Crippen molar-refractivity contribution in [2.24, 2.45) is 0 Å². The van der Waals surface area contributed by atoms with Crippen molar-refractivity contribution in [2.75, 3.05) is 30.4 Å². The maximum absolute atomic E-state index is 12.8. The van der Waals surface area contributed by atoms with Gasteiger partial charge in [-0.15, -0.1) is 0 Å². The van der Waals surface area contributed by atoms with Crippen LogP contribution in [0.1, 0.15) is 22.5 Å². The Balaban J connectivity index is 1.60. The number of hydrogen-bond donors (Lipinski definition) is 2. The fraction of sp³-hybridized carbons (Fsp3) is 0.238. The predicted molar refractivity (Wildman–Crippen MR) is 105 cm³/mol. The van der Waals surface area contributed by atoms with Crippen LogP contribution in [-0.4, -0.2) is 37.1 Å². The molecule has 0 fully saturated rings. The van der Waals surface area contributed by atoms with Crippen molar-refractivity contribution in [2.45, 2.75) is 12.8 Å². The molecule has 0 radical (unpaired) electrons. The predicted octanol–water partition coefficient (Wildman–Crippen LogP) is 3.35. The van der Waals surface area contributed by atoms with Crippen LogP contribution in [0.5, 0.6) is 0 Å². The molecule has 0 spiro atoms. The summed E-state index contributed by atoms with van der Waals surface area (Å²) in [6.07, 6.45) is 2.05. The van der Waals surface area contributed by atoms with E-state index in [1.807, 2.05) is 42.5 Å². The van der Waals surface area contributed by atoms with Crippen molar-refractivity contribution in [3.63, 3.8) is 0 Å². The number of para-hydroxylation sites is 2. The van der Waals surface area contributed by atoms with E-state index in [1.54, 1.807) is 0 Å². The lowest BCUT2D eigenvalue weighted by Crippen LogP contribution is -2.36. The fourth-order valence-corrected chi connectivity index (χ4v) is 3.66. The molecule has 0 unspecified atom stereocenters. The second-order valence-electron chi connectivity index (χ2n) is 6.61. The van der Waals surface area contributed by atoms with E-state index in [4.69, 9.17) is 4.74 Å². The summed E-state index contributed by atoms with van der Waals surface area (Å²) in [5, 5.41) is 3.70. The fourth-order valence-electron chi connectivity index (χ4n) is 3.66. The van der Waals surface area contributed by atoms with Crippen LogP contribution < -0.4 is 10.2 Å². The molecule has 3 aromatic rings. The number of amides is 1. The molecule has 138 valence electrons. The third kappa shape index (κ3) is 3.26. The quantitative estimate of drug-likeness (QED) is 0.697. The number of fused-ring (bicyclic) bond motifs is 2. The maximum Gasteiger partial charge on any atom is 0.356 e. The van der Waals surface area contributed by atoms with Gasteiger partial charge in [0, 0.05) is 23.1 Å². The summed E-state index contributed by atoms with van der Waals surface area (Å²) in [6.45, 7) is 1.07. The molecule has 1 aromatic heterocycles. The van der Waals surface area contributed by atoms with E-state index in [1.165, 1.54) is 12.7 Å². The molecule has 2 aromatic carbocycles. The van der Waals surface area contributed by atoms with Crippen molar-refractivity contribution in [1.29, 1.82) is 0 Å². The highest BCUT2D eigenvalue weighted by atomic mass is 16.5. The Kier molecular flexibility index (Phi) is 4.54. The monoisotopic (exact) mass is 363 g/mol. The molecule has 1 aliphatic rings. The van der Waals surface area contributed by atoms with E-state index in [2.05, 4.69) is 21.3 Å². The number of H-pyrrole nitrogens is 1. The third-order valence-electron chi connectivity index (χ3n) is 4.90. The topological polar surface area (TPSA) is 74.4 Å². The Morgan fingerprint density at radius 2 is 1.93 bits per heavy atom. The number of aromatic amines is 1. The minimum absolute atomic E-state index is 0.165. The number of carbonyl (C=O) groups excluding carboxylic acids is 2. The molecule has 1 aliphatic heterocycles. The van der Waals surface area contributed by atoms with Gasteiger partial charge in [0.05, 0.1) is 19.3 Å². The Labute approximate surface area is 157 Å². The molecular formula is C21H21N3O3. The SMILES string of the molecule is COC(=O)c1[nH]c2ccccc2c1NC(=O)CN1CCCc2ccccc21. The number of aromatic nitrogens is 1. The van der Waals surface area contributed by atoms with Gasteiger partial charge in [0.15, 0.2) is 0 Å². The molecule has 6 nitrogen and oxygen atoms in total. The number of methoxy groups -OCH3 is 1. The minimum Gasteiger partial charge on any atom is -0.464 e. The van der Waals surface area contributed by atoms with E-state index < -0.39 is 5.97 Å². The lowest BCUT2D eigenvalue weighted by molar-refractivity contribution is -0.115. The summed E-state index contributed by atoms with van der Waals surface area (Å²) in [6, 6.07) is 15.6. The summed E-state index contributed by atoms with van der Waals surface area (Å²) in [5.74, 6) is -0.675. The summed E-state index contributed by atoms with van der Waals surface area (Å²) in [5.41, 5.74) is 3.86. The van der Waals surface area contributed by atoms with E-state index in [-0.39, 0.29) is 18.1 Å². The number of esters is 1. The number of carbonyl (C=O) groups is 2. The van der Waals surface area contributed by atoms with Crippen LogP contribution in [-0.2, 0) is 16.0 Å². The number of nitrogens with one attached hydrogen (secondary N) is 2. The zero-order valence-corrected chi connectivity index (χ0v) is 15.1. The molecule has 2 N–H and O–H groups in total. The van der Waals surface area contributed by atoms with Crippen LogP contribution in [0, 0.1) is 0 Å². The van der Waals surface area contributed by atoms with Gasteiger partial charge in [0.1, 0.15) is 5.69 Å². The van der Waals surface area contributed by atoms with Crippen molar-refractivity contribution in [3.8, 4) is 0 Å². The standard InChI is InChI=1S/C21H21N3O3/c1-27-21(26)20-19(15-9-3-4-10-16(15)22-20)23-18(25)13-24-12-6-8-14-7-2-5-11-17(14)24/h2-5,7,9-11,22H,6,8,12-13H2,1H3,(H,23,25). The number of anilines is 2. The van der Waals surface area contributed by atoms with Crippen molar-refractivity contribution in [1.82, 2.24) is 4.98 Å². The van der Waals surface area contributed by atoms with Gasteiger partial charge in [-0.25, -0.2) is 4.79 Å². The van der Waals surface area contributed by atoms with Gasteiger partial charge in [-0.2, -0.15) is 0 Å². The highest BCUT2D eigenvalue weighted by Crippen LogP contribution is 2.29. The Morgan fingerprint density at radius 1 is 1.15 bits per heavy atom. The molecule has 4 rings (SSSR count). The first-order valence-corrected chi connectivity index (χ1v) is 8.99. The molecule has 1 amide bonds. The summed E-state index contributed by atoms with van der Waals surface area (Å²) in [7, 11) is 1.32. The zero-order valence-electron chi connectivity index (χ0n) is 15.1. The summed E-state index contributed by atoms with van der Waals surface area (Å²) < 4.78 is 4.85.